The lowest BCUT2D eigenvalue weighted by molar-refractivity contribution is 0.869. The number of thiophene rings is 1. The molecular weight excluding hydrogens is 372 g/mol. The third-order valence-corrected chi connectivity index (χ3v) is 6.68. The maximum absolute atomic E-state index is 5.09. The van der Waals surface area contributed by atoms with Crippen molar-refractivity contribution in [3.8, 4) is 17.1 Å². The van der Waals surface area contributed by atoms with Gasteiger partial charge >= 0.3 is 0 Å². The summed E-state index contributed by atoms with van der Waals surface area (Å²) in [7, 11) is 0. The maximum atomic E-state index is 5.09. The van der Waals surface area contributed by atoms with E-state index in [1.54, 1.807) is 0 Å². The molecule has 0 radical (unpaired) electrons. The smallest absolute Gasteiger partial charge is 0.147 e. The topological polar surface area (TPSA) is 17.8 Å². The standard InChI is InChI=1S/C26H24N2S/c1-16(2)19-12-13-20-21(15-29-24(20)14-19)26-27-22-10-5-6-11-23(22)28(26)25-17(3)8-7-9-18(25)4/h5-16H,1-4H3. The molecule has 0 fully saturated rings. The Morgan fingerprint density at radius 1 is 0.897 bits per heavy atom. The highest BCUT2D eigenvalue weighted by atomic mass is 32.1. The van der Waals surface area contributed by atoms with Gasteiger partial charge in [0.2, 0.25) is 0 Å². The van der Waals surface area contributed by atoms with Gasteiger partial charge in [-0.2, -0.15) is 0 Å². The number of hydrogen-bond acceptors (Lipinski definition) is 2. The van der Waals surface area contributed by atoms with Crippen LogP contribution in [-0.4, -0.2) is 9.55 Å². The van der Waals surface area contributed by atoms with Crippen LogP contribution >= 0.6 is 11.3 Å². The molecule has 5 aromatic rings. The summed E-state index contributed by atoms with van der Waals surface area (Å²) in [5.74, 6) is 1.55. The van der Waals surface area contributed by atoms with Gasteiger partial charge in [0.15, 0.2) is 0 Å². The molecule has 3 heteroatoms. The SMILES string of the molecule is Cc1cccc(C)c1-n1c(-c2csc3cc(C(C)C)ccc23)nc2ccccc21. The number of nitrogens with zero attached hydrogens (tertiary/aromatic N) is 2. The number of imidazole rings is 1. The van der Waals surface area contributed by atoms with Gasteiger partial charge in [-0.3, -0.25) is 4.57 Å². The molecule has 0 saturated carbocycles. The van der Waals surface area contributed by atoms with Gasteiger partial charge in [0.25, 0.3) is 0 Å². The summed E-state index contributed by atoms with van der Waals surface area (Å²) < 4.78 is 3.67. The van der Waals surface area contributed by atoms with E-state index in [1.165, 1.54) is 38.0 Å². The molecule has 0 atom stereocenters. The number of rotatable bonds is 3. The summed E-state index contributed by atoms with van der Waals surface area (Å²) in [5.41, 5.74) is 8.52. The third-order valence-electron chi connectivity index (χ3n) is 5.73. The monoisotopic (exact) mass is 396 g/mol. The maximum Gasteiger partial charge on any atom is 0.147 e. The number of benzene rings is 3. The lowest BCUT2D eigenvalue weighted by Gasteiger charge is -2.15. The number of aromatic nitrogens is 2. The molecule has 29 heavy (non-hydrogen) atoms. The molecule has 0 spiro atoms. The number of para-hydroxylation sites is 3. The van der Waals surface area contributed by atoms with E-state index in [2.05, 4.69) is 98.3 Å². The second-order valence-electron chi connectivity index (χ2n) is 8.06. The minimum Gasteiger partial charge on any atom is -0.292 e. The van der Waals surface area contributed by atoms with Crippen LogP contribution in [0.3, 0.4) is 0 Å². The Labute approximate surface area is 175 Å². The van der Waals surface area contributed by atoms with Gasteiger partial charge < -0.3 is 0 Å². The molecular formula is C26H24N2S. The molecule has 2 nitrogen and oxygen atoms in total. The van der Waals surface area contributed by atoms with Crippen LogP contribution < -0.4 is 0 Å². The third kappa shape index (κ3) is 2.89. The molecule has 0 aliphatic heterocycles. The second-order valence-corrected chi connectivity index (χ2v) is 8.97. The second kappa shape index (κ2) is 6.85. The van der Waals surface area contributed by atoms with E-state index < -0.39 is 0 Å². The van der Waals surface area contributed by atoms with Gasteiger partial charge in [0, 0.05) is 21.0 Å². The first-order valence-electron chi connectivity index (χ1n) is 10.1. The van der Waals surface area contributed by atoms with E-state index in [0.29, 0.717) is 5.92 Å². The van der Waals surface area contributed by atoms with E-state index >= 15 is 0 Å². The molecule has 2 heterocycles. The van der Waals surface area contributed by atoms with Crippen molar-refractivity contribution >= 4 is 32.5 Å². The molecule has 3 aromatic carbocycles. The summed E-state index contributed by atoms with van der Waals surface area (Å²) in [4.78, 5) is 5.09. The zero-order valence-corrected chi connectivity index (χ0v) is 18.0. The van der Waals surface area contributed by atoms with Crippen LogP contribution in [0.4, 0.5) is 0 Å². The Morgan fingerprint density at radius 3 is 2.41 bits per heavy atom. The fraction of sp³-hybridized carbons (Fsp3) is 0.192. The quantitative estimate of drug-likeness (QED) is 0.306. The van der Waals surface area contributed by atoms with Gasteiger partial charge in [-0.1, -0.05) is 56.3 Å². The van der Waals surface area contributed by atoms with E-state index in [4.69, 9.17) is 4.98 Å². The van der Waals surface area contributed by atoms with Crippen LogP contribution in [0.1, 0.15) is 36.5 Å². The number of aryl methyl sites for hydroxylation is 2. The minimum absolute atomic E-state index is 0.532. The van der Waals surface area contributed by atoms with Crippen molar-refractivity contribution < 1.29 is 0 Å². The average molecular weight is 397 g/mol. The molecule has 5 rings (SSSR count). The summed E-state index contributed by atoms with van der Waals surface area (Å²) in [6.45, 7) is 8.86. The largest absolute Gasteiger partial charge is 0.292 e. The van der Waals surface area contributed by atoms with Crippen molar-refractivity contribution in [1.82, 2.24) is 9.55 Å². The molecule has 0 bridgehead atoms. The first kappa shape index (κ1) is 18.1. The predicted molar refractivity (Wildman–Crippen MR) is 125 cm³/mol. The molecule has 0 aliphatic rings. The van der Waals surface area contributed by atoms with Crippen molar-refractivity contribution in [2.45, 2.75) is 33.6 Å². The van der Waals surface area contributed by atoms with Gasteiger partial charge in [-0.15, -0.1) is 11.3 Å². The first-order valence-corrected chi connectivity index (χ1v) is 11.0. The van der Waals surface area contributed by atoms with Crippen LogP contribution in [0.5, 0.6) is 0 Å². The highest BCUT2D eigenvalue weighted by molar-refractivity contribution is 7.17. The summed E-state index contributed by atoms with van der Waals surface area (Å²) in [5, 5.41) is 3.54. The Kier molecular flexibility index (Phi) is 4.29. The molecule has 0 amide bonds. The average Bonchev–Trinajstić information content (AvgIpc) is 3.29. The van der Waals surface area contributed by atoms with Gasteiger partial charge in [0.1, 0.15) is 5.82 Å². The summed E-state index contributed by atoms with van der Waals surface area (Å²) in [6, 6.07) is 21.8. The lowest BCUT2D eigenvalue weighted by atomic mass is 10.0. The summed E-state index contributed by atoms with van der Waals surface area (Å²) in [6.07, 6.45) is 0. The zero-order valence-electron chi connectivity index (χ0n) is 17.2. The first-order chi connectivity index (χ1) is 14.0. The molecule has 2 aromatic heterocycles. The highest BCUT2D eigenvalue weighted by Gasteiger charge is 2.19. The number of hydrogen-bond donors (Lipinski definition) is 0. The van der Waals surface area contributed by atoms with Crippen LogP contribution in [0.25, 0.3) is 38.2 Å². The highest BCUT2D eigenvalue weighted by Crippen LogP contribution is 2.38. The lowest BCUT2D eigenvalue weighted by Crippen LogP contribution is -2.02. The molecule has 0 aliphatic carbocycles. The fourth-order valence-corrected chi connectivity index (χ4v) is 5.15. The van der Waals surface area contributed by atoms with E-state index in [-0.39, 0.29) is 0 Å². The van der Waals surface area contributed by atoms with Gasteiger partial charge in [-0.05, 0) is 54.7 Å². The van der Waals surface area contributed by atoms with Crippen LogP contribution in [0, 0.1) is 13.8 Å². The van der Waals surface area contributed by atoms with Crippen molar-refractivity contribution in [3.05, 3.63) is 82.7 Å². The van der Waals surface area contributed by atoms with Gasteiger partial charge in [0.05, 0.1) is 16.7 Å². The van der Waals surface area contributed by atoms with Crippen molar-refractivity contribution in [2.75, 3.05) is 0 Å². The Hall–Kier alpha value is -2.91. The minimum atomic E-state index is 0.532. The van der Waals surface area contributed by atoms with E-state index in [0.717, 1.165) is 16.9 Å². The zero-order chi connectivity index (χ0) is 20.1. The Morgan fingerprint density at radius 2 is 1.66 bits per heavy atom. The molecule has 144 valence electrons. The predicted octanol–water partition coefficient (Wildman–Crippen LogP) is 7.65. The molecule has 0 unspecified atom stereocenters. The normalized spacial score (nSPS) is 11.8. The Balaban J connectivity index is 1.84. The van der Waals surface area contributed by atoms with E-state index in [9.17, 15) is 0 Å². The molecule has 0 N–H and O–H groups in total. The van der Waals surface area contributed by atoms with Gasteiger partial charge in [-0.25, -0.2) is 4.98 Å². The van der Waals surface area contributed by atoms with Crippen molar-refractivity contribution in [2.24, 2.45) is 0 Å². The van der Waals surface area contributed by atoms with E-state index in [1.807, 2.05) is 11.3 Å². The Bertz CT molecular complexity index is 1330. The summed E-state index contributed by atoms with van der Waals surface area (Å²) >= 11 is 1.81. The number of fused-ring (bicyclic) bond motifs is 2. The van der Waals surface area contributed by atoms with Crippen LogP contribution in [0.15, 0.2) is 66.0 Å². The fourth-order valence-electron chi connectivity index (χ4n) is 4.17. The van der Waals surface area contributed by atoms with Crippen LogP contribution in [-0.2, 0) is 0 Å². The van der Waals surface area contributed by atoms with Crippen LogP contribution in [0.2, 0.25) is 0 Å². The van der Waals surface area contributed by atoms with Crippen molar-refractivity contribution in [3.63, 3.8) is 0 Å². The molecule has 0 saturated heterocycles. The van der Waals surface area contributed by atoms with Crippen molar-refractivity contribution in [1.29, 1.82) is 0 Å².